The maximum absolute atomic E-state index is 5.68. The van der Waals surface area contributed by atoms with Gasteiger partial charge in [-0.2, -0.15) is 0 Å². The van der Waals surface area contributed by atoms with E-state index in [0.717, 1.165) is 19.6 Å². The Kier molecular flexibility index (Phi) is 6.03. The smallest absolute Gasteiger partial charge is 0.213 e. The predicted octanol–water partition coefficient (Wildman–Crippen LogP) is -0.306. The molecule has 0 aromatic carbocycles. The van der Waals surface area contributed by atoms with E-state index in [-0.39, 0.29) is 0 Å². The van der Waals surface area contributed by atoms with Crippen LogP contribution >= 0.6 is 0 Å². The van der Waals surface area contributed by atoms with Crippen LogP contribution in [0.15, 0.2) is 5.10 Å². The van der Waals surface area contributed by atoms with Crippen molar-refractivity contribution in [2.24, 2.45) is 22.6 Å². The van der Waals surface area contributed by atoms with Crippen molar-refractivity contribution in [3.05, 3.63) is 0 Å². The van der Waals surface area contributed by atoms with Crippen LogP contribution in [0, 0.1) is 5.92 Å². The third kappa shape index (κ3) is 5.64. The average molecular weight is 201 g/mol. The molecule has 0 heterocycles. The van der Waals surface area contributed by atoms with Crippen molar-refractivity contribution in [1.82, 2.24) is 9.80 Å². The van der Waals surface area contributed by atoms with Crippen molar-refractivity contribution in [3.63, 3.8) is 0 Å². The van der Waals surface area contributed by atoms with Gasteiger partial charge in [-0.05, 0) is 20.0 Å². The van der Waals surface area contributed by atoms with Crippen LogP contribution < -0.4 is 11.6 Å². The number of hydrazone groups is 1. The van der Waals surface area contributed by atoms with Gasteiger partial charge in [0.15, 0.2) is 0 Å². The number of hydrogen-bond donors (Lipinski definition) is 2. The van der Waals surface area contributed by atoms with E-state index in [0.29, 0.717) is 11.9 Å². The molecule has 14 heavy (non-hydrogen) atoms. The van der Waals surface area contributed by atoms with E-state index in [2.05, 4.69) is 23.8 Å². The highest BCUT2D eigenvalue weighted by molar-refractivity contribution is 5.77. The monoisotopic (exact) mass is 201 g/mol. The molecular formula is C9H23N5. The lowest BCUT2D eigenvalue weighted by molar-refractivity contribution is 0.305. The number of rotatable bonds is 5. The molecule has 0 fully saturated rings. The van der Waals surface area contributed by atoms with E-state index in [1.807, 2.05) is 19.0 Å². The van der Waals surface area contributed by atoms with Gasteiger partial charge in [-0.25, -0.2) is 0 Å². The molecule has 0 aliphatic heterocycles. The molecule has 0 radical (unpaired) electrons. The zero-order chi connectivity index (χ0) is 11.1. The Balaban J connectivity index is 4.11. The fourth-order valence-corrected chi connectivity index (χ4v) is 1.14. The summed E-state index contributed by atoms with van der Waals surface area (Å²) in [5, 5.41) is 3.52. The third-order valence-electron chi connectivity index (χ3n) is 1.86. The maximum Gasteiger partial charge on any atom is 0.213 e. The standard InChI is InChI=1S/C9H23N5/c1-8(2)7-14(9(10)12-11)6-5-13(3)4/h8H,5-7,11H2,1-4H3,(H2,10,12). The number of nitrogens with two attached hydrogens (primary N) is 2. The van der Waals surface area contributed by atoms with Crippen molar-refractivity contribution >= 4 is 5.96 Å². The van der Waals surface area contributed by atoms with Crippen LogP contribution in [-0.4, -0.2) is 49.5 Å². The minimum atomic E-state index is 0.417. The molecular weight excluding hydrogens is 178 g/mol. The van der Waals surface area contributed by atoms with Crippen molar-refractivity contribution in [3.8, 4) is 0 Å². The summed E-state index contributed by atoms with van der Waals surface area (Å²) in [4.78, 5) is 4.11. The van der Waals surface area contributed by atoms with Crippen LogP contribution in [0.25, 0.3) is 0 Å². The maximum atomic E-state index is 5.68. The van der Waals surface area contributed by atoms with Crippen LogP contribution in [0.3, 0.4) is 0 Å². The Morgan fingerprint density at radius 3 is 2.21 bits per heavy atom. The van der Waals surface area contributed by atoms with Gasteiger partial charge in [-0.1, -0.05) is 13.8 Å². The molecule has 4 N–H and O–H groups in total. The SMILES string of the molecule is CC(C)CN(CCN(C)C)C(N)=NN. The van der Waals surface area contributed by atoms with Gasteiger partial charge in [0.25, 0.3) is 0 Å². The summed E-state index contributed by atoms with van der Waals surface area (Å²) in [6.07, 6.45) is 0. The average Bonchev–Trinajstić information content (AvgIpc) is 2.10. The van der Waals surface area contributed by atoms with E-state index in [1.165, 1.54) is 0 Å². The first-order valence-electron chi connectivity index (χ1n) is 4.90. The minimum Gasteiger partial charge on any atom is -0.368 e. The second-order valence-corrected chi connectivity index (χ2v) is 4.13. The molecule has 5 heteroatoms. The lowest BCUT2D eigenvalue weighted by atomic mass is 10.2. The van der Waals surface area contributed by atoms with Crippen LogP contribution in [0.5, 0.6) is 0 Å². The topological polar surface area (TPSA) is 70.9 Å². The first kappa shape index (κ1) is 13.0. The van der Waals surface area contributed by atoms with E-state index in [9.17, 15) is 0 Å². The molecule has 0 saturated heterocycles. The van der Waals surface area contributed by atoms with Gasteiger partial charge >= 0.3 is 0 Å². The van der Waals surface area contributed by atoms with Crippen molar-refractivity contribution < 1.29 is 0 Å². The highest BCUT2D eigenvalue weighted by Crippen LogP contribution is 1.98. The molecule has 5 nitrogen and oxygen atoms in total. The van der Waals surface area contributed by atoms with Crippen LogP contribution in [0.4, 0.5) is 0 Å². The lowest BCUT2D eigenvalue weighted by Gasteiger charge is -2.26. The Morgan fingerprint density at radius 1 is 1.29 bits per heavy atom. The fraction of sp³-hybridized carbons (Fsp3) is 0.889. The molecule has 0 rings (SSSR count). The fourth-order valence-electron chi connectivity index (χ4n) is 1.14. The van der Waals surface area contributed by atoms with Gasteiger partial charge < -0.3 is 21.4 Å². The second kappa shape index (κ2) is 6.48. The molecule has 0 aromatic heterocycles. The third-order valence-corrected chi connectivity index (χ3v) is 1.86. The van der Waals surface area contributed by atoms with Gasteiger partial charge in [-0.3, -0.25) is 0 Å². The highest BCUT2D eigenvalue weighted by Gasteiger charge is 2.09. The van der Waals surface area contributed by atoms with E-state index < -0.39 is 0 Å². The molecule has 0 aromatic rings. The number of guanidine groups is 1. The van der Waals surface area contributed by atoms with E-state index >= 15 is 0 Å². The first-order valence-corrected chi connectivity index (χ1v) is 4.90. The number of nitrogens with zero attached hydrogens (tertiary/aromatic N) is 3. The van der Waals surface area contributed by atoms with Crippen molar-refractivity contribution in [1.29, 1.82) is 0 Å². The Morgan fingerprint density at radius 2 is 1.86 bits per heavy atom. The highest BCUT2D eigenvalue weighted by atomic mass is 15.3. The molecule has 0 unspecified atom stereocenters. The lowest BCUT2D eigenvalue weighted by Crippen LogP contribution is -2.43. The van der Waals surface area contributed by atoms with Crippen LogP contribution in [-0.2, 0) is 0 Å². The zero-order valence-corrected chi connectivity index (χ0v) is 9.70. The molecule has 0 spiro atoms. The summed E-state index contributed by atoms with van der Waals surface area (Å²) in [5.41, 5.74) is 5.68. The number of likely N-dealkylation sites (N-methyl/N-ethyl adjacent to an activating group) is 1. The van der Waals surface area contributed by atoms with E-state index in [4.69, 9.17) is 11.6 Å². The summed E-state index contributed by atoms with van der Waals surface area (Å²) in [6, 6.07) is 0. The molecule has 0 atom stereocenters. The summed E-state index contributed by atoms with van der Waals surface area (Å²) >= 11 is 0. The van der Waals surface area contributed by atoms with Gasteiger partial charge in [-0.15, -0.1) is 5.10 Å². The van der Waals surface area contributed by atoms with Gasteiger partial charge in [0, 0.05) is 19.6 Å². The molecule has 0 saturated carbocycles. The molecule has 0 amide bonds. The zero-order valence-electron chi connectivity index (χ0n) is 9.70. The Labute approximate surface area is 86.7 Å². The first-order chi connectivity index (χ1) is 6.47. The van der Waals surface area contributed by atoms with Crippen LogP contribution in [0.1, 0.15) is 13.8 Å². The van der Waals surface area contributed by atoms with Crippen molar-refractivity contribution in [2.75, 3.05) is 33.7 Å². The van der Waals surface area contributed by atoms with Gasteiger partial charge in [0.1, 0.15) is 0 Å². The summed E-state index contributed by atoms with van der Waals surface area (Å²) < 4.78 is 0. The summed E-state index contributed by atoms with van der Waals surface area (Å²) in [5.74, 6) is 6.13. The minimum absolute atomic E-state index is 0.417. The molecule has 0 aliphatic carbocycles. The summed E-state index contributed by atoms with van der Waals surface area (Å²) in [6.45, 7) is 6.99. The van der Waals surface area contributed by atoms with Crippen molar-refractivity contribution in [2.45, 2.75) is 13.8 Å². The Bertz CT molecular complexity index is 176. The Hall–Kier alpha value is -0.970. The quantitative estimate of drug-likeness (QED) is 0.277. The van der Waals surface area contributed by atoms with Crippen LogP contribution in [0.2, 0.25) is 0 Å². The van der Waals surface area contributed by atoms with Gasteiger partial charge in [0.05, 0.1) is 0 Å². The molecule has 0 aliphatic rings. The summed E-state index contributed by atoms with van der Waals surface area (Å²) in [7, 11) is 4.06. The molecule has 0 bridgehead atoms. The van der Waals surface area contributed by atoms with Gasteiger partial charge in [0.2, 0.25) is 5.96 Å². The van der Waals surface area contributed by atoms with E-state index in [1.54, 1.807) is 0 Å². The predicted molar refractivity (Wildman–Crippen MR) is 60.8 cm³/mol. The number of hydrogen-bond acceptors (Lipinski definition) is 3. The molecule has 84 valence electrons. The largest absolute Gasteiger partial charge is 0.368 e. The second-order valence-electron chi connectivity index (χ2n) is 4.13. The normalized spacial score (nSPS) is 12.6.